The molecule has 0 saturated heterocycles. The zero-order chi connectivity index (χ0) is 13.1. The molecule has 1 aromatic rings. The lowest BCUT2D eigenvalue weighted by Gasteiger charge is -2.20. The van der Waals surface area contributed by atoms with Crippen LogP contribution in [0.15, 0.2) is 12.3 Å². The maximum absolute atomic E-state index is 11.0. The Balaban J connectivity index is 2.15. The van der Waals surface area contributed by atoms with E-state index in [2.05, 4.69) is 17.2 Å². The third kappa shape index (κ3) is 2.78. The lowest BCUT2D eigenvalue weighted by molar-refractivity contribution is -0.384. The van der Waals surface area contributed by atoms with E-state index in [0.29, 0.717) is 11.7 Å². The maximum atomic E-state index is 11.0. The molecular formula is C13H19N3O2. The van der Waals surface area contributed by atoms with Crippen LogP contribution in [0.3, 0.4) is 0 Å². The van der Waals surface area contributed by atoms with E-state index < -0.39 is 0 Å². The Bertz CT molecular complexity index is 442. The lowest BCUT2D eigenvalue weighted by Crippen LogP contribution is -2.24. The number of nitrogens with zero attached hydrogens (tertiary/aromatic N) is 2. The predicted molar refractivity (Wildman–Crippen MR) is 70.7 cm³/mol. The molecule has 1 aromatic heterocycles. The minimum Gasteiger partial charge on any atom is -0.362 e. The normalized spacial score (nSPS) is 17.7. The molecule has 1 unspecified atom stereocenters. The van der Waals surface area contributed by atoms with Gasteiger partial charge in [0.2, 0.25) is 5.82 Å². The molecule has 5 nitrogen and oxygen atoms in total. The van der Waals surface area contributed by atoms with Crippen LogP contribution in [0.4, 0.5) is 11.5 Å². The molecule has 1 N–H and O–H groups in total. The number of rotatable bonds is 4. The topological polar surface area (TPSA) is 68.1 Å². The molecule has 1 heterocycles. The summed E-state index contributed by atoms with van der Waals surface area (Å²) in [5.41, 5.74) is 0.876. The minimum absolute atomic E-state index is 0.0693. The first-order chi connectivity index (χ1) is 8.58. The Morgan fingerprint density at radius 3 is 2.78 bits per heavy atom. The van der Waals surface area contributed by atoms with Gasteiger partial charge in [-0.2, -0.15) is 0 Å². The van der Waals surface area contributed by atoms with Crippen molar-refractivity contribution in [3.63, 3.8) is 0 Å². The number of anilines is 1. The summed E-state index contributed by atoms with van der Waals surface area (Å²) < 4.78 is 0. The number of aryl methyl sites for hydroxylation is 1. The van der Waals surface area contributed by atoms with Crippen molar-refractivity contribution in [2.45, 2.75) is 45.6 Å². The Kier molecular flexibility index (Phi) is 3.79. The molecule has 0 spiro atoms. The van der Waals surface area contributed by atoms with Crippen molar-refractivity contribution in [3.8, 4) is 0 Å². The highest BCUT2D eigenvalue weighted by atomic mass is 16.6. The summed E-state index contributed by atoms with van der Waals surface area (Å²) in [4.78, 5) is 14.8. The van der Waals surface area contributed by atoms with Crippen molar-refractivity contribution in [1.82, 2.24) is 4.98 Å². The minimum atomic E-state index is -0.371. The van der Waals surface area contributed by atoms with Crippen LogP contribution in [-0.2, 0) is 0 Å². The molecule has 0 radical (unpaired) electrons. The fourth-order valence-corrected chi connectivity index (χ4v) is 2.60. The molecule has 18 heavy (non-hydrogen) atoms. The largest absolute Gasteiger partial charge is 0.362 e. The quantitative estimate of drug-likeness (QED) is 0.656. The first-order valence-corrected chi connectivity index (χ1v) is 6.45. The summed E-state index contributed by atoms with van der Waals surface area (Å²) in [6.45, 7) is 3.89. The maximum Gasteiger partial charge on any atom is 0.311 e. The van der Waals surface area contributed by atoms with Gasteiger partial charge >= 0.3 is 5.69 Å². The second kappa shape index (κ2) is 5.33. The highest BCUT2D eigenvalue weighted by molar-refractivity contribution is 5.57. The molecule has 1 aliphatic rings. The second-order valence-electron chi connectivity index (χ2n) is 5.12. The van der Waals surface area contributed by atoms with Crippen LogP contribution in [0, 0.1) is 23.0 Å². The number of nitrogens with one attached hydrogen (secondary N) is 1. The van der Waals surface area contributed by atoms with Gasteiger partial charge in [-0.1, -0.05) is 12.8 Å². The average molecular weight is 249 g/mol. The highest BCUT2D eigenvalue weighted by Crippen LogP contribution is 2.31. The summed E-state index contributed by atoms with van der Waals surface area (Å²) in [5, 5.41) is 14.2. The molecule has 2 rings (SSSR count). The van der Waals surface area contributed by atoms with Crippen molar-refractivity contribution in [2.75, 3.05) is 5.32 Å². The van der Waals surface area contributed by atoms with Crippen LogP contribution in [0.5, 0.6) is 0 Å². The van der Waals surface area contributed by atoms with Gasteiger partial charge < -0.3 is 5.32 Å². The first-order valence-electron chi connectivity index (χ1n) is 6.45. The monoisotopic (exact) mass is 249 g/mol. The Labute approximate surface area is 107 Å². The Hall–Kier alpha value is -1.65. The van der Waals surface area contributed by atoms with Crippen molar-refractivity contribution in [1.29, 1.82) is 0 Å². The molecule has 98 valence electrons. The van der Waals surface area contributed by atoms with Crippen LogP contribution >= 0.6 is 0 Å². The van der Waals surface area contributed by atoms with E-state index in [-0.39, 0.29) is 16.7 Å². The molecular weight excluding hydrogens is 230 g/mol. The van der Waals surface area contributed by atoms with E-state index in [1.807, 2.05) is 6.92 Å². The van der Waals surface area contributed by atoms with E-state index in [4.69, 9.17) is 0 Å². The third-order valence-electron chi connectivity index (χ3n) is 3.67. The Morgan fingerprint density at radius 1 is 1.50 bits per heavy atom. The predicted octanol–water partition coefficient (Wildman–Crippen LogP) is 3.29. The highest BCUT2D eigenvalue weighted by Gasteiger charge is 2.24. The molecule has 0 amide bonds. The van der Waals surface area contributed by atoms with Crippen LogP contribution in [0.1, 0.15) is 38.2 Å². The number of nitro groups is 1. The van der Waals surface area contributed by atoms with Gasteiger partial charge in [0.05, 0.1) is 4.92 Å². The van der Waals surface area contributed by atoms with Crippen LogP contribution in [-0.4, -0.2) is 15.9 Å². The first kappa shape index (κ1) is 12.8. The number of pyridine rings is 1. The van der Waals surface area contributed by atoms with Crippen LogP contribution < -0.4 is 5.32 Å². The van der Waals surface area contributed by atoms with Gasteiger partial charge in [-0.3, -0.25) is 10.1 Å². The van der Waals surface area contributed by atoms with Gasteiger partial charge in [-0.05, 0) is 38.2 Å². The van der Waals surface area contributed by atoms with E-state index in [0.717, 1.165) is 5.56 Å². The van der Waals surface area contributed by atoms with Gasteiger partial charge in [0.25, 0.3) is 0 Å². The number of hydrogen-bond acceptors (Lipinski definition) is 4. The molecule has 5 heteroatoms. The molecule has 0 aliphatic heterocycles. The molecule has 1 fully saturated rings. The summed E-state index contributed by atoms with van der Waals surface area (Å²) in [6, 6.07) is 1.80. The van der Waals surface area contributed by atoms with Gasteiger partial charge in [-0.25, -0.2) is 4.98 Å². The molecule has 1 atom stereocenters. The summed E-state index contributed by atoms with van der Waals surface area (Å²) in [5.74, 6) is 0.998. The zero-order valence-electron chi connectivity index (χ0n) is 10.8. The fourth-order valence-electron chi connectivity index (χ4n) is 2.60. The van der Waals surface area contributed by atoms with E-state index in [9.17, 15) is 10.1 Å². The standard InChI is InChI=1S/C13H19N3O2/c1-9-7-12(16(17)18)13(14-8-9)15-10(2)11-5-3-4-6-11/h7-8,10-11H,3-6H2,1-2H3,(H,14,15). The van der Waals surface area contributed by atoms with Gasteiger partial charge in [0.1, 0.15) is 0 Å². The third-order valence-corrected chi connectivity index (χ3v) is 3.67. The lowest BCUT2D eigenvalue weighted by atomic mass is 10.00. The second-order valence-corrected chi connectivity index (χ2v) is 5.12. The molecule has 1 saturated carbocycles. The Morgan fingerprint density at radius 2 is 2.17 bits per heavy atom. The number of hydrogen-bond donors (Lipinski definition) is 1. The number of aromatic nitrogens is 1. The van der Waals surface area contributed by atoms with Gasteiger partial charge in [0.15, 0.2) is 0 Å². The van der Waals surface area contributed by atoms with Gasteiger partial charge in [0, 0.05) is 18.3 Å². The summed E-state index contributed by atoms with van der Waals surface area (Å²) in [6.07, 6.45) is 6.60. The summed E-state index contributed by atoms with van der Waals surface area (Å²) in [7, 11) is 0. The molecule has 1 aliphatic carbocycles. The van der Waals surface area contributed by atoms with Crippen molar-refractivity contribution < 1.29 is 4.92 Å². The van der Waals surface area contributed by atoms with E-state index in [1.165, 1.54) is 25.7 Å². The van der Waals surface area contributed by atoms with Crippen molar-refractivity contribution >= 4 is 11.5 Å². The fraction of sp³-hybridized carbons (Fsp3) is 0.615. The van der Waals surface area contributed by atoms with E-state index >= 15 is 0 Å². The molecule has 0 bridgehead atoms. The molecule has 0 aromatic carbocycles. The SMILES string of the molecule is Cc1cnc(NC(C)C2CCCC2)c([N+](=O)[O-])c1. The van der Waals surface area contributed by atoms with Crippen LogP contribution in [0.25, 0.3) is 0 Å². The van der Waals surface area contributed by atoms with E-state index in [1.54, 1.807) is 12.3 Å². The van der Waals surface area contributed by atoms with Crippen molar-refractivity contribution in [3.05, 3.63) is 27.9 Å². The summed E-state index contributed by atoms with van der Waals surface area (Å²) >= 11 is 0. The zero-order valence-corrected chi connectivity index (χ0v) is 10.8. The van der Waals surface area contributed by atoms with Crippen LogP contribution in [0.2, 0.25) is 0 Å². The van der Waals surface area contributed by atoms with Gasteiger partial charge in [-0.15, -0.1) is 0 Å². The van der Waals surface area contributed by atoms with Crippen molar-refractivity contribution in [2.24, 2.45) is 5.92 Å². The smallest absolute Gasteiger partial charge is 0.311 e. The average Bonchev–Trinajstić information content (AvgIpc) is 2.84.